The van der Waals surface area contributed by atoms with Crippen molar-refractivity contribution in [1.82, 2.24) is 5.32 Å². The van der Waals surface area contributed by atoms with Crippen LogP contribution < -0.4 is 5.32 Å². The summed E-state index contributed by atoms with van der Waals surface area (Å²) in [6, 6.07) is 0. The van der Waals surface area contributed by atoms with Crippen molar-refractivity contribution in [3.8, 4) is 0 Å². The molecule has 1 amide bonds. The fraction of sp³-hybridized carbons (Fsp3) is 0.889. The third-order valence-corrected chi connectivity index (χ3v) is 2.83. The lowest BCUT2D eigenvalue weighted by atomic mass is 10.3. The summed E-state index contributed by atoms with van der Waals surface area (Å²) in [4.78, 5) is 11.4. The third-order valence-electron chi connectivity index (χ3n) is 2.83. The van der Waals surface area contributed by atoms with Crippen molar-refractivity contribution in [3.05, 3.63) is 0 Å². The van der Waals surface area contributed by atoms with Gasteiger partial charge in [-0.2, -0.15) is 0 Å². The Balaban J connectivity index is 1.74. The Hall–Kier alpha value is -0.610. The molecule has 0 bridgehead atoms. The molecule has 0 aromatic carbocycles. The van der Waals surface area contributed by atoms with Crippen LogP contribution in [0.5, 0.6) is 0 Å². The van der Waals surface area contributed by atoms with Crippen LogP contribution in [0.3, 0.4) is 0 Å². The minimum Gasteiger partial charge on any atom is -0.392 e. The first kappa shape index (κ1) is 8.97. The van der Waals surface area contributed by atoms with E-state index in [2.05, 4.69) is 5.32 Å². The lowest BCUT2D eigenvalue weighted by Crippen LogP contribution is -2.33. The van der Waals surface area contributed by atoms with Gasteiger partial charge in [-0.1, -0.05) is 0 Å². The normalized spacial score (nSPS) is 38.2. The van der Waals surface area contributed by atoms with Gasteiger partial charge in [0.15, 0.2) is 0 Å². The molecule has 13 heavy (non-hydrogen) atoms. The van der Waals surface area contributed by atoms with Crippen LogP contribution in [0.15, 0.2) is 0 Å². The number of carbonyl (C=O) groups is 1. The molecular weight excluding hydrogens is 170 g/mol. The number of aliphatic hydroxyl groups is 1. The fourth-order valence-corrected chi connectivity index (χ4v) is 1.99. The van der Waals surface area contributed by atoms with E-state index in [0.717, 1.165) is 13.2 Å². The highest BCUT2D eigenvalue weighted by Crippen LogP contribution is 2.50. The highest BCUT2D eigenvalue weighted by molar-refractivity contribution is 5.82. The van der Waals surface area contributed by atoms with Gasteiger partial charge in [0.05, 0.1) is 19.3 Å². The zero-order valence-corrected chi connectivity index (χ0v) is 7.69. The number of amides is 1. The van der Waals surface area contributed by atoms with Gasteiger partial charge >= 0.3 is 0 Å². The molecule has 2 rings (SSSR count). The Bertz CT molecular complexity index is 207. The Morgan fingerprint density at radius 1 is 1.62 bits per heavy atom. The summed E-state index contributed by atoms with van der Waals surface area (Å²) in [5, 5.41) is 11.7. The largest absolute Gasteiger partial charge is 0.392 e. The first-order valence-corrected chi connectivity index (χ1v) is 4.73. The van der Waals surface area contributed by atoms with Gasteiger partial charge in [0.2, 0.25) is 5.91 Å². The minimum atomic E-state index is -0.459. The van der Waals surface area contributed by atoms with Crippen molar-refractivity contribution >= 4 is 5.91 Å². The molecule has 1 aliphatic carbocycles. The maximum absolute atomic E-state index is 11.4. The summed E-state index contributed by atoms with van der Waals surface area (Å²) in [5.41, 5.74) is 0. The van der Waals surface area contributed by atoms with Gasteiger partial charge in [-0.3, -0.25) is 4.79 Å². The molecular formula is C9H15NO3. The van der Waals surface area contributed by atoms with Crippen LogP contribution in [-0.4, -0.2) is 36.9 Å². The van der Waals surface area contributed by atoms with Crippen LogP contribution in [0.4, 0.5) is 0 Å². The number of rotatable bonds is 3. The summed E-state index contributed by atoms with van der Waals surface area (Å²) < 4.78 is 5.18. The van der Waals surface area contributed by atoms with Gasteiger partial charge in [-0.25, -0.2) is 0 Å². The molecule has 1 saturated carbocycles. The van der Waals surface area contributed by atoms with Crippen LogP contribution in [-0.2, 0) is 9.53 Å². The molecule has 3 atom stereocenters. The average Bonchev–Trinajstić information content (AvgIpc) is 2.56. The molecule has 0 aromatic heterocycles. The van der Waals surface area contributed by atoms with Gasteiger partial charge in [0, 0.05) is 12.5 Å². The molecule has 1 heterocycles. The van der Waals surface area contributed by atoms with Gasteiger partial charge in [-0.15, -0.1) is 0 Å². The van der Waals surface area contributed by atoms with E-state index in [4.69, 9.17) is 9.84 Å². The maximum Gasteiger partial charge on any atom is 0.223 e. The second kappa shape index (κ2) is 3.27. The number of aliphatic hydroxyl groups excluding tert-OH is 1. The van der Waals surface area contributed by atoms with E-state index in [1.54, 1.807) is 6.92 Å². The third kappa shape index (κ3) is 1.69. The summed E-state index contributed by atoms with van der Waals surface area (Å²) in [7, 11) is 0. The Labute approximate surface area is 77.3 Å². The Morgan fingerprint density at radius 2 is 2.23 bits per heavy atom. The number of carbonyl (C=O) groups excluding carboxylic acids is 1. The fourth-order valence-electron chi connectivity index (χ4n) is 1.99. The number of fused-ring (bicyclic) bond motifs is 1. The highest BCUT2D eigenvalue weighted by Gasteiger charge is 2.57. The molecule has 0 spiro atoms. The molecule has 2 fully saturated rings. The van der Waals surface area contributed by atoms with Crippen molar-refractivity contribution in [2.75, 3.05) is 19.8 Å². The predicted octanol–water partition coefficient (Wildman–Crippen LogP) is -0.624. The summed E-state index contributed by atoms with van der Waals surface area (Å²) >= 11 is 0. The lowest BCUT2D eigenvalue weighted by Gasteiger charge is -2.08. The molecule has 74 valence electrons. The van der Waals surface area contributed by atoms with Gasteiger partial charge < -0.3 is 15.2 Å². The van der Waals surface area contributed by atoms with Gasteiger partial charge in [0.1, 0.15) is 0 Å². The van der Waals surface area contributed by atoms with E-state index >= 15 is 0 Å². The standard InChI is InChI=1S/C9H15NO3/c1-5(11)2-10-9(12)8-6-3-13-4-7(6)8/h5-8,11H,2-4H2,1H3,(H,10,12)/t5-,6?,7?,8?/m0/s1. The monoisotopic (exact) mass is 185 g/mol. The molecule has 1 saturated heterocycles. The number of ether oxygens (including phenoxy) is 1. The topological polar surface area (TPSA) is 58.6 Å². The van der Waals surface area contributed by atoms with Crippen molar-refractivity contribution in [3.63, 3.8) is 0 Å². The molecule has 1 aliphatic heterocycles. The lowest BCUT2D eigenvalue weighted by molar-refractivity contribution is -0.124. The van der Waals surface area contributed by atoms with E-state index in [1.807, 2.05) is 0 Å². The Morgan fingerprint density at radius 3 is 2.77 bits per heavy atom. The van der Waals surface area contributed by atoms with E-state index in [9.17, 15) is 4.79 Å². The van der Waals surface area contributed by atoms with Crippen molar-refractivity contribution in [1.29, 1.82) is 0 Å². The second-order valence-corrected chi connectivity index (χ2v) is 3.99. The quantitative estimate of drug-likeness (QED) is 0.616. The number of nitrogens with one attached hydrogen (secondary N) is 1. The minimum absolute atomic E-state index is 0.0826. The number of hydrogen-bond donors (Lipinski definition) is 2. The van der Waals surface area contributed by atoms with Crippen molar-refractivity contribution < 1.29 is 14.6 Å². The smallest absolute Gasteiger partial charge is 0.223 e. The summed E-state index contributed by atoms with van der Waals surface area (Å²) in [6.45, 7) is 3.49. The maximum atomic E-state index is 11.4. The molecule has 0 aromatic rings. The molecule has 0 radical (unpaired) electrons. The van der Waals surface area contributed by atoms with E-state index in [1.165, 1.54) is 0 Å². The highest BCUT2D eigenvalue weighted by atomic mass is 16.5. The van der Waals surface area contributed by atoms with Crippen molar-refractivity contribution in [2.45, 2.75) is 13.0 Å². The van der Waals surface area contributed by atoms with E-state index in [0.29, 0.717) is 18.4 Å². The molecule has 2 aliphatic rings. The molecule has 4 heteroatoms. The molecule has 2 unspecified atom stereocenters. The Kier molecular flexibility index (Phi) is 2.26. The van der Waals surface area contributed by atoms with Gasteiger partial charge in [0.25, 0.3) is 0 Å². The van der Waals surface area contributed by atoms with Crippen LogP contribution in [0.25, 0.3) is 0 Å². The van der Waals surface area contributed by atoms with Crippen LogP contribution in [0, 0.1) is 17.8 Å². The number of hydrogen-bond acceptors (Lipinski definition) is 3. The van der Waals surface area contributed by atoms with Gasteiger partial charge in [-0.05, 0) is 18.8 Å². The van der Waals surface area contributed by atoms with Crippen LogP contribution in [0.1, 0.15) is 6.92 Å². The van der Waals surface area contributed by atoms with Crippen molar-refractivity contribution in [2.24, 2.45) is 17.8 Å². The van der Waals surface area contributed by atoms with E-state index < -0.39 is 6.10 Å². The molecule has 2 N–H and O–H groups in total. The second-order valence-electron chi connectivity index (χ2n) is 3.99. The van der Waals surface area contributed by atoms with E-state index in [-0.39, 0.29) is 11.8 Å². The first-order valence-electron chi connectivity index (χ1n) is 4.73. The zero-order chi connectivity index (χ0) is 9.42. The summed E-state index contributed by atoms with van der Waals surface area (Å²) in [6.07, 6.45) is -0.459. The first-order chi connectivity index (χ1) is 6.20. The predicted molar refractivity (Wildman–Crippen MR) is 46.0 cm³/mol. The average molecular weight is 185 g/mol. The zero-order valence-electron chi connectivity index (χ0n) is 7.69. The molecule has 4 nitrogen and oxygen atoms in total. The van der Waals surface area contributed by atoms with Crippen LogP contribution >= 0.6 is 0 Å². The van der Waals surface area contributed by atoms with Crippen LogP contribution in [0.2, 0.25) is 0 Å². The SMILES string of the molecule is C[C@H](O)CNC(=O)C1C2COCC21. The summed E-state index contributed by atoms with van der Waals surface area (Å²) in [5.74, 6) is 1.15.